The zero-order chi connectivity index (χ0) is 26.7. The maximum atomic E-state index is 13.5. The molecule has 2 aliphatic rings. The maximum Gasteiger partial charge on any atom is 0.416 e. The van der Waals surface area contributed by atoms with Crippen molar-refractivity contribution in [3.05, 3.63) is 107 Å². The number of likely N-dealkylation sites (tertiary alicyclic amines) is 2. The van der Waals surface area contributed by atoms with Gasteiger partial charge in [-0.05, 0) is 85.6 Å². The smallest absolute Gasteiger partial charge is 0.338 e. The second-order valence-corrected chi connectivity index (χ2v) is 10.6. The Balaban J connectivity index is 1.30. The van der Waals surface area contributed by atoms with Crippen LogP contribution in [-0.4, -0.2) is 48.4 Å². The molecule has 0 radical (unpaired) electrons. The van der Waals surface area contributed by atoms with Gasteiger partial charge in [-0.25, -0.2) is 4.39 Å². The summed E-state index contributed by atoms with van der Waals surface area (Å²) in [7, 11) is 0. The van der Waals surface area contributed by atoms with Crippen molar-refractivity contribution >= 4 is 5.91 Å². The van der Waals surface area contributed by atoms with Gasteiger partial charge in [0.15, 0.2) is 0 Å². The summed E-state index contributed by atoms with van der Waals surface area (Å²) in [4.78, 5) is 17.3. The zero-order valence-electron chi connectivity index (χ0n) is 21.2. The van der Waals surface area contributed by atoms with Gasteiger partial charge < -0.3 is 9.80 Å². The summed E-state index contributed by atoms with van der Waals surface area (Å²) in [6.45, 7) is 3.41. The molecule has 0 N–H and O–H groups in total. The molecule has 200 valence electrons. The summed E-state index contributed by atoms with van der Waals surface area (Å²) < 4.78 is 53.8. The van der Waals surface area contributed by atoms with Gasteiger partial charge in [0, 0.05) is 31.1 Å². The highest BCUT2D eigenvalue weighted by Crippen LogP contribution is 2.38. The van der Waals surface area contributed by atoms with Gasteiger partial charge in [0.1, 0.15) is 5.82 Å². The summed E-state index contributed by atoms with van der Waals surface area (Å²) in [5.41, 5.74) is 1.68. The molecule has 0 spiro atoms. The number of amides is 1. The first-order valence-electron chi connectivity index (χ1n) is 13.2. The molecule has 2 saturated heterocycles. The predicted octanol–water partition coefficient (Wildman–Crippen LogP) is 6.66. The lowest BCUT2D eigenvalue weighted by Gasteiger charge is -2.34. The molecule has 0 unspecified atom stereocenters. The van der Waals surface area contributed by atoms with E-state index >= 15 is 0 Å². The Morgan fingerprint density at radius 3 is 2.26 bits per heavy atom. The van der Waals surface area contributed by atoms with E-state index in [4.69, 9.17) is 0 Å². The number of nitrogens with zero attached hydrogens (tertiary/aromatic N) is 2. The molecule has 0 bridgehead atoms. The van der Waals surface area contributed by atoms with Crippen molar-refractivity contribution in [2.75, 3.05) is 32.7 Å². The third-order valence-electron chi connectivity index (χ3n) is 8.03. The van der Waals surface area contributed by atoms with E-state index < -0.39 is 17.6 Å². The lowest BCUT2D eigenvalue weighted by atomic mass is 9.86. The standard InChI is InChI=1S/C31H32F4N2O/c32-28-11-9-24(10-12-28)30(38)37-20-26(29(21-37)25-7-4-8-27(18-25)31(33,34)35)19-36-15-13-23(14-16-36)17-22-5-2-1-3-6-22/h1-12,18,23,26,29H,13-17,19-21H2/t26-,29+/m1/s1. The van der Waals surface area contributed by atoms with Crippen LogP contribution >= 0.6 is 0 Å². The summed E-state index contributed by atoms with van der Waals surface area (Å²) >= 11 is 0. The second-order valence-electron chi connectivity index (χ2n) is 10.6. The third kappa shape index (κ3) is 6.26. The lowest BCUT2D eigenvalue weighted by Crippen LogP contribution is -2.39. The van der Waals surface area contributed by atoms with Crippen molar-refractivity contribution in [1.82, 2.24) is 9.80 Å². The van der Waals surface area contributed by atoms with Gasteiger partial charge in [0.25, 0.3) is 5.91 Å². The lowest BCUT2D eigenvalue weighted by molar-refractivity contribution is -0.137. The molecule has 0 aliphatic carbocycles. The first kappa shape index (κ1) is 26.4. The zero-order valence-corrected chi connectivity index (χ0v) is 21.2. The fourth-order valence-electron chi connectivity index (χ4n) is 5.97. The van der Waals surface area contributed by atoms with Gasteiger partial charge in [-0.3, -0.25) is 4.79 Å². The Bertz CT molecular complexity index is 1220. The fourth-order valence-corrected chi connectivity index (χ4v) is 5.97. The minimum absolute atomic E-state index is 0.00792. The Kier molecular flexibility index (Phi) is 7.84. The molecular weight excluding hydrogens is 492 g/mol. The van der Waals surface area contributed by atoms with Crippen LogP contribution in [0.4, 0.5) is 17.6 Å². The Hall–Kier alpha value is -3.19. The molecule has 3 aromatic carbocycles. The molecule has 7 heteroatoms. The molecule has 1 amide bonds. The van der Waals surface area contributed by atoms with E-state index in [1.54, 1.807) is 11.0 Å². The number of halogens is 4. The van der Waals surface area contributed by atoms with E-state index in [0.29, 0.717) is 30.1 Å². The normalized spacial score (nSPS) is 21.1. The molecule has 5 rings (SSSR count). The van der Waals surface area contributed by atoms with Gasteiger partial charge in [0.05, 0.1) is 5.56 Å². The molecule has 0 aromatic heterocycles. The van der Waals surface area contributed by atoms with Crippen LogP contribution in [0.5, 0.6) is 0 Å². The average molecular weight is 525 g/mol. The molecule has 3 aromatic rings. The largest absolute Gasteiger partial charge is 0.416 e. The van der Waals surface area contributed by atoms with Gasteiger partial charge in [-0.1, -0.05) is 48.5 Å². The molecule has 2 atom stereocenters. The van der Waals surface area contributed by atoms with Gasteiger partial charge in [0.2, 0.25) is 0 Å². The number of carbonyl (C=O) groups is 1. The minimum atomic E-state index is -4.42. The summed E-state index contributed by atoms with van der Waals surface area (Å²) in [6, 6.07) is 21.4. The van der Waals surface area contributed by atoms with E-state index in [2.05, 4.69) is 29.2 Å². The first-order chi connectivity index (χ1) is 18.3. The van der Waals surface area contributed by atoms with Crippen LogP contribution in [0.15, 0.2) is 78.9 Å². The summed E-state index contributed by atoms with van der Waals surface area (Å²) in [5.74, 6) is -0.213. The minimum Gasteiger partial charge on any atom is -0.338 e. The Morgan fingerprint density at radius 2 is 1.58 bits per heavy atom. The maximum absolute atomic E-state index is 13.5. The van der Waals surface area contributed by atoms with E-state index in [9.17, 15) is 22.4 Å². The first-order valence-corrected chi connectivity index (χ1v) is 13.2. The van der Waals surface area contributed by atoms with Crippen LogP contribution in [-0.2, 0) is 12.6 Å². The topological polar surface area (TPSA) is 23.6 Å². The number of alkyl halides is 3. The molecule has 3 nitrogen and oxygen atoms in total. The van der Waals surface area contributed by atoms with Crippen molar-refractivity contribution in [1.29, 1.82) is 0 Å². The highest BCUT2D eigenvalue weighted by molar-refractivity contribution is 5.94. The molecule has 0 saturated carbocycles. The van der Waals surface area contributed by atoms with Crippen molar-refractivity contribution in [3.63, 3.8) is 0 Å². The van der Waals surface area contributed by atoms with Crippen LogP contribution in [0.25, 0.3) is 0 Å². The SMILES string of the molecule is O=C(c1ccc(F)cc1)N1C[C@@H](CN2CCC(Cc3ccccc3)CC2)[C@H](c2cccc(C(F)(F)F)c2)C1. The number of hydrogen-bond acceptors (Lipinski definition) is 2. The highest BCUT2D eigenvalue weighted by Gasteiger charge is 2.39. The van der Waals surface area contributed by atoms with Gasteiger partial charge in [-0.2, -0.15) is 13.2 Å². The van der Waals surface area contributed by atoms with E-state index in [1.807, 2.05) is 6.07 Å². The number of piperidine rings is 1. The van der Waals surface area contributed by atoms with Gasteiger partial charge in [-0.15, -0.1) is 0 Å². The van der Waals surface area contributed by atoms with Crippen molar-refractivity contribution in [2.24, 2.45) is 11.8 Å². The molecule has 2 heterocycles. The Labute approximate surface area is 221 Å². The van der Waals surface area contributed by atoms with E-state index in [0.717, 1.165) is 45.0 Å². The molecule has 38 heavy (non-hydrogen) atoms. The molecule has 2 aliphatic heterocycles. The van der Waals surface area contributed by atoms with Gasteiger partial charge >= 0.3 is 6.18 Å². The van der Waals surface area contributed by atoms with Crippen molar-refractivity contribution in [3.8, 4) is 0 Å². The molecular formula is C31H32F4N2O. The number of carbonyl (C=O) groups excluding carboxylic acids is 1. The molecule has 2 fully saturated rings. The van der Waals surface area contributed by atoms with Crippen molar-refractivity contribution in [2.45, 2.75) is 31.4 Å². The predicted molar refractivity (Wildman–Crippen MR) is 139 cm³/mol. The van der Waals surface area contributed by atoms with Crippen LogP contribution < -0.4 is 0 Å². The van der Waals surface area contributed by atoms with Crippen LogP contribution in [0, 0.1) is 17.7 Å². The summed E-state index contributed by atoms with van der Waals surface area (Å²) in [5, 5.41) is 0. The van der Waals surface area contributed by atoms with Crippen LogP contribution in [0.1, 0.15) is 45.8 Å². The van der Waals surface area contributed by atoms with E-state index in [1.165, 1.54) is 42.0 Å². The highest BCUT2D eigenvalue weighted by atomic mass is 19.4. The number of rotatable bonds is 6. The van der Waals surface area contributed by atoms with Crippen LogP contribution in [0.3, 0.4) is 0 Å². The summed E-state index contributed by atoms with van der Waals surface area (Å²) in [6.07, 6.45) is -1.21. The average Bonchev–Trinajstić information content (AvgIpc) is 3.34. The van der Waals surface area contributed by atoms with Crippen LogP contribution in [0.2, 0.25) is 0 Å². The van der Waals surface area contributed by atoms with Crippen molar-refractivity contribution < 1.29 is 22.4 Å². The van der Waals surface area contributed by atoms with E-state index in [-0.39, 0.29) is 17.7 Å². The second kappa shape index (κ2) is 11.3. The monoisotopic (exact) mass is 524 g/mol. The quantitative estimate of drug-likeness (QED) is 0.337. The third-order valence-corrected chi connectivity index (χ3v) is 8.03. The number of hydrogen-bond donors (Lipinski definition) is 0. The number of benzene rings is 3. The Morgan fingerprint density at radius 1 is 0.868 bits per heavy atom. The fraction of sp³-hybridized carbons (Fsp3) is 0.387.